The molecular weight excluding hydrogens is 302 g/mol. The van der Waals surface area contributed by atoms with Crippen LogP contribution < -0.4 is 4.72 Å². The highest BCUT2D eigenvalue weighted by atomic mass is 79.9. The second-order valence-electron chi connectivity index (χ2n) is 5.36. The van der Waals surface area contributed by atoms with E-state index in [2.05, 4.69) is 20.7 Å². The zero-order chi connectivity index (χ0) is 12.3. The van der Waals surface area contributed by atoms with Crippen molar-refractivity contribution < 1.29 is 8.42 Å². The van der Waals surface area contributed by atoms with Crippen LogP contribution in [0.2, 0.25) is 0 Å². The zero-order valence-electron chi connectivity index (χ0n) is 10.2. The van der Waals surface area contributed by atoms with Crippen molar-refractivity contribution in [1.29, 1.82) is 0 Å². The maximum Gasteiger partial charge on any atom is 0.214 e. The minimum absolute atomic E-state index is 0.133. The molecule has 0 aromatic heterocycles. The number of rotatable bonds is 4. The van der Waals surface area contributed by atoms with E-state index >= 15 is 0 Å². The van der Waals surface area contributed by atoms with Gasteiger partial charge in [0.1, 0.15) is 0 Å². The number of nitrogens with one attached hydrogen (secondary N) is 1. The molecular formula is C12H22BrNO2S. The third-order valence-corrected chi connectivity index (χ3v) is 7.23. The van der Waals surface area contributed by atoms with Gasteiger partial charge in [0.05, 0.1) is 5.25 Å². The Bertz CT molecular complexity index is 338. The summed E-state index contributed by atoms with van der Waals surface area (Å²) in [6, 6.07) is 0. The van der Waals surface area contributed by atoms with Crippen LogP contribution in [0.25, 0.3) is 0 Å². The van der Waals surface area contributed by atoms with Crippen molar-refractivity contribution in [2.45, 2.75) is 61.4 Å². The first-order chi connectivity index (χ1) is 8.09. The van der Waals surface area contributed by atoms with Crippen LogP contribution in [0, 0.1) is 5.92 Å². The van der Waals surface area contributed by atoms with Crippen LogP contribution in [0.1, 0.15) is 51.4 Å². The molecule has 0 amide bonds. The van der Waals surface area contributed by atoms with Crippen LogP contribution >= 0.6 is 15.9 Å². The summed E-state index contributed by atoms with van der Waals surface area (Å²) in [5.41, 5.74) is 0. The van der Waals surface area contributed by atoms with E-state index in [0.717, 1.165) is 32.1 Å². The average Bonchev–Trinajstić information content (AvgIpc) is 2.74. The van der Waals surface area contributed by atoms with E-state index in [1.807, 2.05) is 0 Å². The molecule has 0 bridgehead atoms. The van der Waals surface area contributed by atoms with Crippen molar-refractivity contribution in [2.24, 2.45) is 5.92 Å². The van der Waals surface area contributed by atoms with E-state index in [1.165, 1.54) is 19.3 Å². The molecule has 2 unspecified atom stereocenters. The molecule has 17 heavy (non-hydrogen) atoms. The molecule has 2 atom stereocenters. The molecule has 5 heteroatoms. The van der Waals surface area contributed by atoms with Crippen LogP contribution in [-0.2, 0) is 10.0 Å². The Morgan fingerprint density at radius 1 is 1.00 bits per heavy atom. The number of hydrogen-bond acceptors (Lipinski definition) is 2. The van der Waals surface area contributed by atoms with Gasteiger partial charge in [-0.25, -0.2) is 13.1 Å². The normalized spacial score (nSPS) is 31.8. The molecule has 0 saturated heterocycles. The monoisotopic (exact) mass is 323 g/mol. The maximum absolute atomic E-state index is 12.1. The molecule has 100 valence electrons. The molecule has 0 aromatic carbocycles. The van der Waals surface area contributed by atoms with Gasteiger partial charge in [-0.3, -0.25) is 0 Å². The van der Waals surface area contributed by atoms with Crippen molar-refractivity contribution in [3.63, 3.8) is 0 Å². The summed E-state index contributed by atoms with van der Waals surface area (Å²) < 4.78 is 27.1. The maximum atomic E-state index is 12.1. The molecule has 2 saturated carbocycles. The Morgan fingerprint density at radius 2 is 1.71 bits per heavy atom. The fourth-order valence-electron chi connectivity index (χ4n) is 2.94. The van der Waals surface area contributed by atoms with Gasteiger partial charge in [-0.1, -0.05) is 41.6 Å². The summed E-state index contributed by atoms with van der Waals surface area (Å²) in [7, 11) is -3.07. The van der Waals surface area contributed by atoms with Crippen LogP contribution in [-0.4, -0.2) is 25.0 Å². The topological polar surface area (TPSA) is 46.2 Å². The van der Waals surface area contributed by atoms with Gasteiger partial charge in [0.15, 0.2) is 0 Å². The van der Waals surface area contributed by atoms with E-state index < -0.39 is 10.0 Å². The van der Waals surface area contributed by atoms with E-state index in [1.54, 1.807) is 0 Å². The van der Waals surface area contributed by atoms with Gasteiger partial charge >= 0.3 is 0 Å². The van der Waals surface area contributed by atoms with Gasteiger partial charge < -0.3 is 0 Å². The van der Waals surface area contributed by atoms with Gasteiger partial charge in [-0.05, 0) is 31.6 Å². The molecule has 2 rings (SSSR count). The van der Waals surface area contributed by atoms with Crippen LogP contribution in [0.5, 0.6) is 0 Å². The molecule has 2 fully saturated rings. The third kappa shape index (κ3) is 3.67. The predicted octanol–water partition coefficient (Wildman–Crippen LogP) is 2.80. The van der Waals surface area contributed by atoms with Crippen LogP contribution in [0.3, 0.4) is 0 Å². The molecule has 2 aliphatic carbocycles. The molecule has 0 radical (unpaired) electrons. The van der Waals surface area contributed by atoms with Crippen molar-refractivity contribution >= 4 is 26.0 Å². The molecule has 3 nitrogen and oxygen atoms in total. The standard InChI is InChI=1S/C12H22BrNO2S/c13-12-8-4-5-10(12)9-14-17(15,16)11-6-2-1-3-7-11/h10-12,14H,1-9H2. The van der Waals surface area contributed by atoms with E-state index in [4.69, 9.17) is 0 Å². The lowest BCUT2D eigenvalue weighted by Crippen LogP contribution is -2.38. The van der Waals surface area contributed by atoms with Crippen molar-refractivity contribution in [3.8, 4) is 0 Å². The first-order valence-electron chi connectivity index (χ1n) is 6.72. The fourth-order valence-corrected chi connectivity index (χ4v) is 5.35. The van der Waals surface area contributed by atoms with Crippen LogP contribution in [0.4, 0.5) is 0 Å². The molecule has 0 spiro atoms. The largest absolute Gasteiger partial charge is 0.215 e. The average molecular weight is 324 g/mol. The molecule has 0 aliphatic heterocycles. The minimum atomic E-state index is -3.07. The Hall–Kier alpha value is 0.390. The van der Waals surface area contributed by atoms with E-state index in [9.17, 15) is 8.42 Å². The molecule has 1 N–H and O–H groups in total. The van der Waals surface area contributed by atoms with Crippen molar-refractivity contribution in [3.05, 3.63) is 0 Å². The van der Waals surface area contributed by atoms with Gasteiger partial charge in [0, 0.05) is 11.4 Å². The molecule has 0 heterocycles. The number of halogens is 1. The number of hydrogen-bond donors (Lipinski definition) is 1. The summed E-state index contributed by atoms with van der Waals surface area (Å²) in [5.74, 6) is 0.480. The summed E-state index contributed by atoms with van der Waals surface area (Å²) in [5, 5.41) is -0.133. The highest BCUT2D eigenvalue weighted by Gasteiger charge is 2.30. The van der Waals surface area contributed by atoms with Gasteiger partial charge in [0.2, 0.25) is 10.0 Å². The van der Waals surface area contributed by atoms with Crippen LogP contribution in [0.15, 0.2) is 0 Å². The Balaban J connectivity index is 1.84. The highest BCUT2D eigenvalue weighted by molar-refractivity contribution is 9.09. The van der Waals surface area contributed by atoms with Crippen molar-refractivity contribution in [2.75, 3.05) is 6.54 Å². The minimum Gasteiger partial charge on any atom is -0.215 e. The Morgan fingerprint density at radius 3 is 2.29 bits per heavy atom. The van der Waals surface area contributed by atoms with E-state index in [-0.39, 0.29) is 5.25 Å². The second kappa shape index (κ2) is 6.02. The summed E-state index contributed by atoms with van der Waals surface area (Å²) >= 11 is 3.63. The third-order valence-electron chi connectivity index (χ3n) is 4.10. The SMILES string of the molecule is O=S(=O)(NCC1CCCC1Br)C1CCCCC1. The first kappa shape index (κ1) is 13.8. The van der Waals surface area contributed by atoms with Crippen molar-refractivity contribution in [1.82, 2.24) is 4.72 Å². The quantitative estimate of drug-likeness (QED) is 0.808. The summed E-state index contributed by atoms with van der Waals surface area (Å²) in [6.45, 7) is 0.620. The zero-order valence-corrected chi connectivity index (χ0v) is 12.6. The Labute approximate surface area is 113 Å². The van der Waals surface area contributed by atoms with E-state index in [0.29, 0.717) is 17.3 Å². The highest BCUT2D eigenvalue weighted by Crippen LogP contribution is 2.31. The van der Waals surface area contributed by atoms with Gasteiger partial charge in [0.25, 0.3) is 0 Å². The summed E-state index contributed by atoms with van der Waals surface area (Å²) in [4.78, 5) is 0.497. The second-order valence-corrected chi connectivity index (χ2v) is 8.58. The van der Waals surface area contributed by atoms with Gasteiger partial charge in [-0.2, -0.15) is 0 Å². The predicted molar refractivity (Wildman–Crippen MR) is 73.9 cm³/mol. The smallest absolute Gasteiger partial charge is 0.214 e. The lowest BCUT2D eigenvalue weighted by Gasteiger charge is -2.23. The lowest BCUT2D eigenvalue weighted by molar-refractivity contribution is 0.469. The summed E-state index contributed by atoms with van der Waals surface area (Å²) in [6.07, 6.45) is 8.55. The molecule has 0 aromatic rings. The first-order valence-corrected chi connectivity index (χ1v) is 9.18. The number of sulfonamides is 1. The fraction of sp³-hybridized carbons (Fsp3) is 1.00. The lowest BCUT2D eigenvalue weighted by atomic mass is 10.0. The Kier molecular flexibility index (Phi) is 4.89. The molecule has 2 aliphatic rings. The number of alkyl halides is 1. The van der Waals surface area contributed by atoms with Gasteiger partial charge in [-0.15, -0.1) is 0 Å².